The predicted octanol–water partition coefficient (Wildman–Crippen LogP) is 1.98. The lowest BCUT2D eigenvalue weighted by Crippen LogP contribution is -2.38. The van der Waals surface area contributed by atoms with Gasteiger partial charge in [-0.15, -0.1) is 11.3 Å². The van der Waals surface area contributed by atoms with Gasteiger partial charge < -0.3 is 10.1 Å². The SMILES string of the molecule is O=C(N[C@H]1COC2(CCCCC2)C1)c1cc(=O)nc2sccn12. The van der Waals surface area contributed by atoms with Crippen LogP contribution in [0.3, 0.4) is 0 Å². The Balaban J connectivity index is 1.52. The van der Waals surface area contributed by atoms with Crippen LogP contribution >= 0.6 is 11.3 Å². The van der Waals surface area contributed by atoms with E-state index in [2.05, 4.69) is 10.3 Å². The van der Waals surface area contributed by atoms with Crippen LogP contribution < -0.4 is 10.9 Å². The van der Waals surface area contributed by atoms with Crippen LogP contribution in [-0.2, 0) is 4.74 Å². The van der Waals surface area contributed by atoms with Crippen LogP contribution in [0, 0.1) is 0 Å². The van der Waals surface area contributed by atoms with Crippen molar-refractivity contribution in [2.24, 2.45) is 0 Å². The number of thiazole rings is 1. The second kappa shape index (κ2) is 5.72. The molecule has 1 amide bonds. The summed E-state index contributed by atoms with van der Waals surface area (Å²) in [6.45, 7) is 0.554. The zero-order valence-corrected chi connectivity index (χ0v) is 13.6. The zero-order chi connectivity index (χ0) is 15.9. The summed E-state index contributed by atoms with van der Waals surface area (Å²) in [5.74, 6) is -0.237. The molecule has 1 N–H and O–H groups in total. The molecule has 2 aromatic heterocycles. The minimum atomic E-state index is -0.385. The van der Waals surface area contributed by atoms with Gasteiger partial charge in [0.1, 0.15) is 5.69 Å². The van der Waals surface area contributed by atoms with Crippen molar-refractivity contribution in [1.29, 1.82) is 0 Å². The van der Waals surface area contributed by atoms with Gasteiger partial charge in [-0.2, -0.15) is 4.98 Å². The lowest BCUT2D eigenvalue weighted by Gasteiger charge is -2.32. The van der Waals surface area contributed by atoms with Crippen LogP contribution in [0.2, 0.25) is 0 Å². The zero-order valence-electron chi connectivity index (χ0n) is 12.8. The fourth-order valence-electron chi connectivity index (χ4n) is 3.77. The van der Waals surface area contributed by atoms with E-state index < -0.39 is 0 Å². The minimum Gasteiger partial charge on any atom is -0.373 e. The molecule has 23 heavy (non-hydrogen) atoms. The van der Waals surface area contributed by atoms with Gasteiger partial charge in [0.05, 0.1) is 18.2 Å². The molecule has 0 aromatic carbocycles. The summed E-state index contributed by atoms with van der Waals surface area (Å²) in [5.41, 5.74) is -0.0851. The van der Waals surface area contributed by atoms with Crippen LogP contribution in [0.25, 0.3) is 4.96 Å². The summed E-state index contributed by atoms with van der Waals surface area (Å²) in [6.07, 6.45) is 8.48. The smallest absolute Gasteiger partial charge is 0.274 e. The van der Waals surface area contributed by atoms with Crippen molar-refractivity contribution in [1.82, 2.24) is 14.7 Å². The molecule has 1 saturated heterocycles. The number of carbonyl (C=O) groups is 1. The number of amides is 1. The second-order valence-corrected chi connectivity index (χ2v) is 7.34. The van der Waals surface area contributed by atoms with Gasteiger partial charge in [-0.3, -0.25) is 14.0 Å². The van der Waals surface area contributed by atoms with Gasteiger partial charge in [0.2, 0.25) is 0 Å². The summed E-state index contributed by atoms with van der Waals surface area (Å²) in [4.78, 5) is 28.7. The Labute approximate surface area is 137 Å². The number of hydrogen-bond acceptors (Lipinski definition) is 5. The van der Waals surface area contributed by atoms with Crippen LogP contribution in [0.4, 0.5) is 0 Å². The monoisotopic (exact) mass is 333 g/mol. The maximum absolute atomic E-state index is 12.6. The highest BCUT2D eigenvalue weighted by Crippen LogP contribution is 2.39. The molecule has 2 aromatic rings. The van der Waals surface area contributed by atoms with Crippen molar-refractivity contribution < 1.29 is 9.53 Å². The lowest BCUT2D eigenvalue weighted by atomic mass is 9.82. The van der Waals surface area contributed by atoms with E-state index >= 15 is 0 Å². The molecule has 0 radical (unpaired) electrons. The van der Waals surface area contributed by atoms with Crippen molar-refractivity contribution >= 4 is 22.2 Å². The Hall–Kier alpha value is -1.73. The molecular formula is C16H19N3O3S. The summed E-state index contributed by atoms with van der Waals surface area (Å²) in [7, 11) is 0. The maximum Gasteiger partial charge on any atom is 0.274 e. The van der Waals surface area contributed by atoms with Gasteiger partial charge in [0.25, 0.3) is 11.5 Å². The average molecular weight is 333 g/mol. The maximum atomic E-state index is 12.6. The van der Waals surface area contributed by atoms with Gasteiger partial charge >= 0.3 is 0 Å². The molecule has 2 fully saturated rings. The van der Waals surface area contributed by atoms with Crippen molar-refractivity contribution in [3.05, 3.63) is 33.7 Å². The molecule has 1 aliphatic carbocycles. The molecule has 2 aliphatic rings. The quantitative estimate of drug-likeness (QED) is 0.912. The van der Waals surface area contributed by atoms with E-state index in [4.69, 9.17) is 4.74 Å². The Morgan fingerprint density at radius 2 is 2.22 bits per heavy atom. The predicted molar refractivity (Wildman–Crippen MR) is 87.0 cm³/mol. The number of fused-ring (bicyclic) bond motifs is 1. The van der Waals surface area contributed by atoms with E-state index in [-0.39, 0.29) is 23.1 Å². The Kier molecular flexibility index (Phi) is 3.69. The first-order valence-electron chi connectivity index (χ1n) is 8.07. The van der Waals surface area contributed by atoms with Gasteiger partial charge in [0.15, 0.2) is 4.96 Å². The van der Waals surface area contributed by atoms with Crippen LogP contribution in [-0.4, -0.2) is 33.5 Å². The fourth-order valence-corrected chi connectivity index (χ4v) is 4.48. The lowest BCUT2D eigenvalue weighted by molar-refractivity contribution is -0.0246. The number of rotatable bonds is 2. The van der Waals surface area contributed by atoms with E-state index in [0.29, 0.717) is 17.3 Å². The van der Waals surface area contributed by atoms with Crippen molar-refractivity contribution in [2.75, 3.05) is 6.61 Å². The molecule has 7 heteroatoms. The molecule has 1 saturated carbocycles. The minimum absolute atomic E-state index is 0.0122. The Morgan fingerprint density at radius 3 is 3.04 bits per heavy atom. The molecule has 4 rings (SSSR count). The van der Waals surface area contributed by atoms with Gasteiger partial charge in [0, 0.05) is 17.6 Å². The molecular weight excluding hydrogens is 314 g/mol. The van der Waals surface area contributed by atoms with E-state index in [1.807, 2.05) is 5.38 Å². The van der Waals surface area contributed by atoms with E-state index in [1.54, 1.807) is 10.6 Å². The van der Waals surface area contributed by atoms with Crippen LogP contribution in [0.1, 0.15) is 49.0 Å². The van der Waals surface area contributed by atoms with Crippen molar-refractivity contribution in [3.63, 3.8) is 0 Å². The summed E-state index contributed by atoms with van der Waals surface area (Å²) >= 11 is 1.34. The molecule has 1 spiro atoms. The van der Waals surface area contributed by atoms with E-state index in [1.165, 1.54) is 36.7 Å². The second-order valence-electron chi connectivity index (χ2n) is 6.46. The highest BCUT2D eigenvalue weighted by atomic mass is 32.1. The third-order valence-corrected chi connectivity index (χ3v) is 5.61. The van der Waals surface area contributed by atoms with Crippen molar-refractivity contribution in [2.45, 2.75) is 50.2 Å². The first-order chi connectivity index (χ1) is 11.2. The number of nitrogens with zero attached hydrogens (tertiary/aromatic N) is 2. The molecule has 1 aliphatic heterocycles. The molecule has 6 nitrogen and oxygen atoms in total. The summed E-state index contributed by atoms with van der Waals surface area (Å²) in [5, 5.41) is 4.84. The fraction of sp³-hybridized carbons (Fsp3) is 0.562. The molecule has 3 heterocycles. The molecule has 0 bridgehead atoms. The largest absolute Gasteiger partial charge is 0.373 e. The number of ether oxygens (including phenoxy) is 1. The van der Waals surface area contributed by atoms with E-state index in [9.17, 15) is 9.59 Å². The normalized spacial score (nSPS) is 23.4. The summed E-state index contributed by atoms with van der Waals surface area (Å²) in [6, 6.07) is 1.31. The standard InChI is InChI=1S/C16H19N3O3S/c20-13-8-12(19-6-7-23-15(19)18-13)14(21)17-11-9-16(22-10-11)4-2-1-3-5-16/h6-8,11H,1-5,9-10H2,(H,17,21)/t11-/m1/s1. The Morgan fingerprint density at radius 1 is 1.39 bits per heavy atom. The van der Waals surface area contributed by atoms with Gasteiger partial charge in [-0.1, -0.05) is 19.3 Å². The number of carbonyl (C=O) groups excluding carboxylic acids is 1. The topological polar surface area (TPSA) is 72.7 Å². The number of aromatic nitrogens is 2. The third kappa shape index (κ3) is 2.79. The third-order valence-electron chi connectivity index (χ3n) is 4.86. The highest BCUT2D eigenvalue weighted by molar-refractivity contribution is 7.15. The average Bonchev–Trinajstić information content (AvgIpc) is 3.14. The number of nitrogens with one attached hydrogen (secondary N) is 1. The molecule has 122 valence electrons. The van der Waals surface area contributed by atoms with Gasteiger partial charge in [-0.25, -0.2) is 0 Å². The van der Waals surface area contributed by atoms with Gasteiger partial charge in [-0.05, 0) is 19.3 Å². The molecule has 1 atom stereocenters. The van der Waals surface area contributed by atoms with Crippen LogP contribution in [0.15, 0.2) is 22.4 Å². The summed E-state index contributed by atoms with van der Waals surface area (Å²) < 4.78 is 7.69. The van der Waals surface area contributed by atoms with E-state index in [0.717, 1.165) is 19.3 Å². The number of hydrogen-bond donors (Lipinski definition) is 1. The van der Waals surface area contributed by atoms with Crippen molar-refractivity contribution in [3.8, 4) is 0 Å². The molecule has 0 unspecified atom stereocenters. The first-order valence-corrected chi connectivity index (χ1v) is 8.95. The Bertz CT molecular complexity index is 791. The highest BCUT2D eigenvalue weighted by Gasteiger charge is 2.41. The van der Waals surface area contributed by atoms with Crippen LogP contribution in [0.5, 0.6) is 0 Å². The first kappa shape index (κ1) is 14.8.